The van der Waals surface area contributed by atoms with E-state index in [4.69, 9.17) is 0 Å². The highest BCUT2D eigenvalue weighted by Crippen LogP contribution is 2.27. The topological polar surface area (TPSA) is 90.5 Å². The Balaban J connectivity index is 1.28. The number of aromatic nitrogens is 6. The fraction of sp³-hybridized carbons (Fsp3) is 0.115. The SMILES string of the molecule is Cc1nccn1-c1cc(CNC(=O)CSc2nnc(-c3ccccc3)n2-c2ccccc2)ccn1. The molecule has 1 N–H and O–H groups in total. The molecule has 3 heterocycles. The molecule has 174 valence electrons. The Morgan fingerprint density at radius 1 is 0.943 bits per heavy atom. The highest BCUT2D eigenvalue weighted by Gasteiger charge is 2.17. The van der Waals surface area contributed by atoms with E-state index >= 15 is 0 Å². The molecule has 0 fully saturated rings. The number of hydrogen-bond donors (Lipinski definition) is 1. The van der Waals surface area contributed by atoms with Gasteiger partial charge in [-0.25, -0.2) is 9.97 Å². The third kappa shape index (κ3) is 5.15. The molecule has 9 heteroatoms. The summed E-state index contributed by atoms with van der Waals surface area (Å²) in [6, 6.07) is 23.7. The molecule has 0 aliphatic rings. The number of para-hydroxylation sites is 1. The van der Waals surface area contributed by atoms with Gasteiger partial charge in [0.15, 0.2) is 11.0 Å². The normalized spacial score (nSPS) is 10.9. The lowest BCUT2D eigenvalue weighted by molar-refractivity contribution is -0.118. The van der Waals surface area contributed by atoms with Crippen LogP contribution in [0.15, 0.2) is 96.5 Å². The van der Waals surface area contributed by atoms with E-state index in [1.807, 2.05) is 95.1 Å². The van der Waals surface area contributed by atoms with Crippen molar-refractivity contribution in [1.29, 1.82) is 0 Å². The molecule has 0 atom stereocenters. The summed E-state index contributed by atoms with van der Waals surface area (Å²) in [6.45, 7) is 2.33. The van der Waals surface area contributed by atoms with E-state index in [1.165, 1.54) is 11.8 Å². The molecule has 1 amide bonds. The van der Waals surface area contributed by atoms with Crippen LogP contribution in [0.2, 0.25) is 0 Å². The van der Waals surface area contributed by atoms with Gasteiger partial charge in [0, 0.05) is 36.4 Å². The zero-order valence-electron chi connectivity index (χ0n) is 19.1. The lowest BCUT2D eigenvalue weighted by Crippen LogP contribution is -2.24. The predicted octanol–water partition coefficient (Wildman–Crippen LogP) is 4.23. The van der Waals surface area contributed by atoms with Crippen molar-refractivity contribution < 1.29 is 4.79 Å². The number of carbonyl (C=O) groups is 1. The third-order valence-corrected chi connectivity index (χ3v) is 6.31. The number of rotatable bonds is 8. The molecule has 2 aromatic carbocycles. The molecular formula is C26H23N7OS. The van der Waals surface area contributed by atoms with Crippen LogP contribution in [0.25, 0.3) is 22.9 Å². The van der Waals surface area contributed by atoms with Crippen LogP contribution in [-0.2, 0) is 11.3 Å². The van der Waals surface area contributed by atoms with Crippen LogP contribution in [-0.4, -0.2) is 41.0 Å². The largest absolute Gasteiger partial charge is 0.351 e. The summed E-state index contributed by atoms with van der Waals surface area (Å²) in [5.74, 6) is 2.49. The number of pyridine rings is 1. The molecular weight excluding hydrogens is 458 g/mol. The Hall–Kier alpha value is -4.24. The molecule has 0 unspecified atom stereocenters. The Morgan fingerprint density at radius 3 is 2.46 bits per heavy atom. The van der Waals surface area contributed by atoms with Gasteiger partial charge in [-0.05, 0) is 36.8 Å². The monoisotopic (exact) mass is 481 g/mol. The van der Waals surface area contributed by atoms with Crippen LogP contribution in [0, 0.1) is 6.92 Å². The van der Waals surface area contributed by atoms with Crippen molar-refractivity contribution in [2.45, 2.75) is 18.6 Å². The van der Waals surface area contributed by atoms with Gasteiger partial charge >= 0.3 is 0 Å². The Bertz CT molecular complexity index is 1430. The van der Waals surface area contributed by atoms with Crippen molar-refractivity contribution in [3.8, 4) is 22.9 Å². The quantitative estimate of drug-likeness (QED) is 0.334. The third-order valence-electron chi connectivity index (χ3n) is 5.38. The van der Waals surface area contributed by atoms with E-state index < -0.39 is 0 Å². The van der Waals surface area contributed by atoms with Crippen LogP contribution in [0.5, 0.6) is 0 Å². The van der Waals surface area contributed by atoms with E-state index in [9.17, 15) is 4.79 Å². The summed E-state index contributed by atoms with van der Waals surface area (Å²) < 4.78 is 3.89. The van der Waals surface area contributed by atoms with E-state index in [1.54, 1.807) is 12.4 Å². The van der Waals surface area contributed by atoms with Crippen molar-refractivity contribution in [2.75, 3.05) is 5.75 Å². The van der Waals surface area contributed by atoms with Gasteiger partial charge in [-0.1, -0.05) is 60.3 Å². The first-order valence-corrected chi connectivity index (χ1v) is 12.1. The number of thioether (sulfide) groups is 1. The fourth-order valence-electron chi connectivity index (χ4n) is 3.65. The van der Waals surface area contributed by atoms with Gasteiger partial charge in [-0.15, -0.1) is 10.2 Å². The average molecular weight is 482 g/mol. The summed E-state index contributed by atoms with van der Waals surface area (Å²) in [4.78, 5) is 21.3. The van der Waals surface area contributed by atoms with Gasteiger partial charge in [0.05, 0.1) is 5.75 Å². The average Bonchev–Trinajstić information content (AvgIpc) is 3.53. The molecule has 0 bridgehead atoms. The van der Waals surface area contributed by atoms with E-state index in [0.29, 0.717) is 11.7 Å². The standard InChI is InChI=1S/C26H23N7OS/c1-19-27-14-15-32(19)23-16-20(12-13-28-23)17-29-24(34)18-35-26-31-30-25(21-8-4-2-5-9-21)33(26)22-10-6-3-7-11-22/h2-16H,17-18H2,1H3,(H,29,34). The van der Waals surface area contributed by atoms with Crippen LogP contribution in [0.3, 0.4) is 0 Å². The highest BCUT2D eigenvalue weighted by atomic mass is 32.2. The smallest absolute Gasteiger partial charge is 0.230 e. The maximum absolute atomic E-state index is 12.7. The molecule has 5 rings (SSSR count). The first kappa shape index (κ1) is 22.5. The molecule has 3 aromatic heterocycles. The van der Waals surface area contributed by atoms with Crippen molar-refractivity contribution in [1.82, 2.24) is 34.6 Å². The Labute approximate surface area is 207 Å². The highest BCUT2D eigenvalue weighted by molar-refractivity contribution is 7.99. The van der Waals surface area contributed by atoms with Gasteiger partial charge < -0.3 is 5.32 Å². The second kappa shape index (κ2) is 10.4. The van der Waals surface area contributed by atoms with E-state index in [0.717, 1.165) is 34.3 Å². The second-order valence-electron chi connectivity index (χ2n) is 7.78. The number of benzene rings is 2. The van der Waals surface area contributed by atoms with Crippen molar-refractivity contribution in [3.05, 3.63) is 103 Å². The molecule has 5 aromatic rings. The summed E-state index contributed by atoms with van der Waals surface area (Å²) in [6.07, 6.45) is 5.34. The maximum Gasteiger partial charge on any atom is 0.230 e. The van der Waals surface area contributed by atoms with Gasteiger partial charge in [0.25, 0.3) is 0 Å². The number of imidazole rings is 1. The fourth-order valence-corrected chi connectivity index (χ4v) is 4.43. The first-order valence-electron chi connectivity index (χ1n) is 11.1. The zero-order chi connectivity index (χ0) is 24.0. The van der Waals surface area contributed by atoms with Crippen molar-refractivity contribution in [2.24, 2.45) is 0 Å². The number of nitrogens with one attached hydrogen (secondary N) is 1. The van der Waals surface area contributed by atoms with E-state index in [2.05, 4.69) is 25.5 Å². The predicted molar refractivity (Wildman–Crippen MR) is 135 cm³/mol. The Morgan fingerprint density at radius 2 is 1.71 bits per heavy atom. The van der Waals surface area contributed by atoms with Gasteiger partial charge in [0.1, 0.15) is 11.6 Å². The summed E-state index contributed by atoms with van der Waals surface area (Å²) in [5, 5.41) is 12.5. The van der Waals surface area contributed by atoms with Gasteiger partial charge in [-0.3, -0.25) is 13.9 Å². The van der Waals surface area contributed by atoms with Gasteiger partial charge in [0.2, 0.25) is 5.91 Å². The van der Waals surface area contributed by atoms with Crippen LogP contribution >= 0.6 is 11.8 Å². The van der Waals surface area contributed by atoms with Gasteiger partial charge in [-0.2, -0.15) is 0 Å². The Kier molecular flexibility index (Phi) is 6.67. The van der Waals surface area contributed by atoms with Crippen molar-refractivity contribution in [3.63, 3.8) is 0 Å². The minimum Gasteiger partial charge on any atom is -0.351 e. The second-order valence-corrected chi connectivity index (χ2v) is 8.72. The molecule has 0 spiro atoms. The maximum atomic E-state index is 12.7. The van der Waals surface area contributed by atoms with Crippen molar-refractivity contribution >= 4 is 17.7 Å². The molecule has 0 aliphatic carbocycles. The molecule has 0 radical (unpaired) electrons. The van der Waals surface area contributed by atoms with Crippen LogP contribution < -0.4 is 5.32 Å². The molecule has 0 aliphatic heterocycles. The lowest BCUT2D eigenvalue weighted by Gasteiger charge is -2.11. The molecule has 0 saturated carbocycles. The molecule has 35 heavy (non-hydrogen) atoms. The van der Waals surface area contributed by atoms with Crippen LogP contribution in [0.1, 0.15) is 11.4 Å². The first-order chi connectivity index (χ1) is 17.2. The number of hydrogen-bond acceptors (Lipinski definition) is 6. The summed E-state index contributed by atoms with van der Waals surface area (Å²) in [5.41, 5.74) is 2.86. The minimum atomic E-state index is -0.0870. The lowest BCUT2D eigenvalue weighted by atomic mass is 10.2. The zero-order valence-corrected chi connectivity index (χ0v) is 19.9. The number of amides is 1. The minimum absolute atomic E-state index is 0.0870. The summed E-state index contributed by atoms with van der Waals surface area (Å²) >= 11 is 1.36. The molecule has 0 saturated heterocycles. The number of carbonyl (C=O) groups excluding carboxylic acids is 1. The number of nitrogens with zero attached hydrogens (tertiary/aromatic N) is 6. The van der Waals surface area contributed by atoms with Crippen LogP contribution in [0.4, 0.5) is 0 Å². The van der Waals surface area contributed by atoms with E-state index in [-0.39, 0.29) is 11.7 Å². The number of aryl methyl sites for hydroxylation is 1. The summed E-state index contributed by atoms with van der Waals surface area (Å²) in [7, 11) is 0. The molecule has 8 nitrogen and oxygen atoms in total.